The SMILES string of the molecule is COc1cc(/C=C2\C(=O)NC(=O)N(c3ccccc3Cl)C2=O)cc(Br)c1OCc1cccc([N+](=O)[O-])c1. The van der Waals surface area contributed by atoms with Gasteiger partial charge in [0.1, 0.15) is 12.2 Å². The second-order valence-electron chi connectivity index (χ2n) is 7.66. The maximum Gasteiger partial charge on any atom is 0.335 e. The first-order valence-electron chi connectivity index (χ1n) is 10.6. The number of nitrogens with zero attached hydrogens (tertiary/aromatic N) is 2. The van der Waals surface area contributed by atoms with Crippen LogP contribution in [0, 0.1) is 10.1 Å². The number of hydrogen-bond acceptors (Lipinski definition) is 7. The van der Waals surface area contributed by atoms with Crippen LogP contribution >= 0.6 is 27.5 Å². The number of barbiturate groups is 1. The molecule has 10 nitrogen and oxygen atoms in total. The fourth-order valence-electron chi connectivity index (χ4n) is 3.55. The molecule has 0 saturated carbocycles. The molecule has 0 bridgehead atoms. The molecule has 4 rings (SSSR count). The Hall–Kier alpha value is -4.22. The van der Waals surface area contributed by atoms with Crippen molar-refractivity contribution >= 4 is 62.8 Å². The van der Waals surface area contributed by atoms with Crippen LogP contribution in [0.15, 0.2) is 70.7 Å². The molecule has 3 aromatic rings. The molecule has 1 aliphatic rings. The molecule has 1 aliphatic heterocycles. The molecule has 0 unspecified atom stereocenters. The number of carbonyl (C=O) groups is 3. The molecule has 0 spiro atoms. The van der Waals surface area contributed by atoms with E-state index in [9.17, 15) is 24.5 Å². The van der Waals surface area contributed by atoms with Gasteiger partial charge in [0.25, 0.3) is 17.5 Å². The number of halogens is 2. The topological polar surface area (TPSA) is 128 Å². The van der Waals surface area contributed by atoms with Crippen LogP contribution < -0.4 is 19.7 Å². The van der Waals surface area contributed by atoms with E-state index in [0.29, 0.717) is 21.3 Å². The summed E-state index contributed by atoms with van der Waals surface area (Å²) in [6.07, 6.45) is 1.31. The summed E-state index contributed by atoms with van der Waals surface area (Å²) in [5.41, 5.74) is 0.753. The summed E-state index contributed by atoms with van der Waals surface area (Å²) in [6.45, 7) is 0.0207. The van der Waals surface area contributed by atoms with Gasteiger partial charge >= 0.3 is 6.03 Å². The molecule has 188 valence electrons. The minimum atomic E-state index is -0.913. The zero-order valence-corrected chi connectivity index (χ0v) is 21.4. The molecule has 0 aromatic heterocycles. The Morgan fingerprint density at radius 2 is 1.86 bits per heavy atom. The van der Waals surface area contributed by atoms with Crippen LogP contribution in [0.1, 0.15) is 11.1 Å². The zero-order chi connectivity index (χ0) is 26.7. The van der Waals surface area contributed by atoms with Gasteiger partial charge in [-0.05, 0) is 57.4 Å². The largest absolute Gasteiger partial charge is 0.493 e. The zero-order valence-electron chi connectivity index (χ0n) is 19.1. The van der Waals surface area contributed by atoms with Crippen LogP contribution in [0.2, 0.25) is 5.02 Å². The Kier molecular flexibility index (Phi) is 7.55. The van der Waals surface area contributed by atoms with Crippen LogP contribution in [0.25, 0.3) is 6.08 Å². The minimum Gasteiger partial charge on any atom is -0.493 e. The first-order valence-corrected chi connectivity index (χ1v) is 11.8. The van der Waals surface area contributed by atoms with E-state index in [4.69, 9.17) is 21.1 Å². The van der Waals surface area contributed by atoms with Gasteiger partial charge < -0.3 is 9.47 Å². The summed E-state index contributed by atoms with van der Waals surface area (Å²) < 4.78 is 11.7. The lowest BCUT2D eigenvalue weighted by atomic mass is 10.1. The van der Waals surface area contributed by atoms with Crippen LogP contribution in [0.3, 0.4) is 0 Å². The summed E-state index contributed by atoms with van der Waals surface area (Å²) in [5.74, 6) is -1.12. The number of para-hydroxylation sites is 1. The van der Waals surface area contributed by atoms with E-state index >= 15 is 0 Å². The quantitative estimate of drug-likeness (QED) is 0.173. The highest BCUT2D eigenvalue weighted by molar-refractivity contribution is 9.10. The molecule has 1 saturated heterocycles. The normalized spacial score (nSPS) is 14.5. The molecular weight excluding hydrogens is 570 g/mol. The number of imide groups is 2. The first kappa shape index (κ1) is 25.9. The fourth-order valence-corrected chi connectivity index (χ4v) is 4.35. The van der Waals surface area contributed by atoms with Crippen molar-refractivity contribution in [3.63, 3.8) is 0 Å². The standard InChI is InChI=1S/C25H17BrClN3O7/c1-36-21-12-15(11-18(26)22(21)37-13-14-5-4-6-16(9-14)30(34)35)10-17-23(31)28-25(33)29(24(17)32)20-8-3-2-7-19(20)27/h2-12H,13H2,1H3,(H,28,31,33)/b17-10+. The van der Waals surface area contributed by atoms with E-state index < -0.39 is 22.8 Å². The van der Waals surface area contributed by atoms with Gasteiger partial charge in [-0.2, -0.15) is 0 Å². The Morgan fingerprint density at radius 1 is 1.11 bits per heavy atom. The predicted molar refractivity (Wildman–Crippen MR) is 139 cm³/mol. The van der Waals surface area contributed by atoms with Crippen molar-refractivity contribution in [2.24, 2.45) is 0 Å². The number of amides is 4. The Balaban J connectivity index is 1.64. The number of anilines is 1. The van der Waals surface area contributed by atoms with Crippen molar-refractivity contribution < 1.29 is 28.8 Å². The molecule has 1 fully saturated rings. The smallest absolute Gasteiger partial charge is 0.335 e. The molecule has 0 atom stereocenters. The summed E-state index contributed by atoms with van der Waals surface area (Å²) >= 11 is 9.56. The average Bonchev–Trinajstić information content (AvgIpc) is 2.86. The molecule has 4 amide bonds. The molecule has 1 N–H and O–H groups in total. The molecule has 0 radical (unpaired) electrons. The second kappa shape index (κ2) is 10.8. The van der Waals surface area contributed by atoms with Crippen LogP contribution in [-0.2, 0) is 16.2 Å². The summed E-state index contributed by atoms with van der Waals surface area (Å²) in [6, 6.07) is 14.5. The van der Waals surface area contributed by atoms with E-state index in [0.717, 1.165) is 4.90 Å². The second-order valence-corrected chi connectivity index (χ2v) is 8.92. The Bertz CT molecular complexity index is 1470. The lowest BCUT2D eigenvalue weighted by molar-refractivity contribution is -0.384. The van der Waals surface area contributed by atoms with Crippen molar-refractivity contribution in [1.82, 2.24) is 5.32 Å². The van der Waals surface area contributed by atoms with Crippen LogP contribution in [-0.4, -0.2) is 29.9 Å². The number of carbonyl (C=O) groups excluding carboxylic acids is 3. The van der Waals surface area contributed by atoms with E-state index in [1.807, 2.05) is 0 Å². The van der Waals surface area contributed by atoms with E-state index in [1.165, 1.54) is 43.5 Å². The number of hydrogen-bond donors (Lipinski definition) is 1. The molecule has 3 aromatic carbocycles. The number of rotatable bonds is 7. The number of urea groups is 1. The van der Waals surface area contributed by atoms with E-state index in [-0.39, 0.29) is 34.3 Å². The third-order valence-corrected chi connectivity index (χ3v) is 6.17. The van der Waals surface area contributed by atoms with Gasteiger partial charge in [0.2, 0.25) is 0 Å². The van der Waals surface area contributed by atoms with Crippen molar-refractivity contribution in [1.29, 1.82) is 0 Å². The number of methoxy groups -OCH3 is 1. The van der Waals surface area contributed by atoms with Gasteiger partial charge in [-0.15, -0.1) is 0 Å². The third kappa shape index (κ3) is 5.47. The van der Waals surface area contributed by atoms with Crippen molar-refractivity contribution in [2.45, 2.75) is 6.61 Å². The fraction of sp³-hybridized carbons (Fsp3) is 0.0800. The summed E-state index contributed by atoms with van der Waals surface area (Å²) in [5, 5.41) is 13.3. The number of nitro benzene ring substituents is 1. The first-order chi connectivity index (χ1) is 17.7. The number of nitro groups is 1. The van der Waals surface area contributed by atoms with Crippen LogP contribution in [0.4, 0.5) is 16.2 Å². The highest BCUT2D eigenvalue weighted by atomic mass is 79.9. The average molecular weight is 587 g/mol. The molecule has 0 aliphatic carbocycles. The lowest BCUT2D eigenvalue weighted by Gasteiger charge is -2.27. The predicted octanol–water partition coefficient (Wildman–Crippen LogP) is 5.26. The number of nitrogens with one attached hydrogen (secondary N) is 1. The summed E-state index contributed by atoms with van der Waals surface area (Å²) in [4.78, 5) is 49.4. The van der Waals surface area contributed by atoms with Crippen LogP contribution in [0.5, 0.6) is 11.5 Å². The maximum atomic E-state index is 13.1. The molecule has 37 heavy (non-hydrogen) atoms. The molecule has 12 heteroatoms. The molecular formula is C25H17BrClN3O7. The monoisotopic (exact) mass is 585 g/mol. The van der Waals surface area contributed by atoms with Crippen molar-refractivity contribution in [2.75, 3.05) is 12.0 Å². The summed E-state index contributed by atoms with van der Waals surface area (Å²) in [7, 11) is 1.41. The Morgan fingerprint density at radius 3 is 2.57 bits per heavy atom. The van der Waals surface area contributed by atoms with Crippen molar-refractivity contribution in [3.8, 4) is 11.5 Å². The number of non-ortho nitro benzene ring substituents is 1. The van der Waals surface area contributed by atoms with Gasteiger partial charge in [0.15, 0.2) is 11.5 Å². The van der Waals surface area contributed by atoms with Gasteiger partial charge in [0, 0.05) is 12.1 Å². The number of ether oxygens (including phenoxy) is 2. The van der Waals surface area contributed by atoms with Gasteiger partial charge in [-0.25, -0.2) is 9.69 Å². The lowest BCUT2D eigenvalue weighted by Crippen LogP contribution is -2.54. The maximum absolute atomic E-state index is 13.1. The molecule has 1 heterocycles. The number of benzene rings is 3. The third-order valence-electron chi connectivity index (χ3n) is 5.26. The Labute approximate surface area is 223 Å². The van der Waals surface area contributed by atoms with Crippen molar-refractivity contribution in [3.05, 3.63) is 97.0 Å². The van der Waals surface area contributed by atoms with E-state index in [1.54, 1.807) is 30.3 Å². The van der Waals surface area contributed by atoms with E-state index in [2.05, 4.69) is 21.2 Å². The highest BCUT2D eigenvalue weighted by Gasteiger charge is 2.37. The van der Waals surface area contributed by atoms with Gasteiger partial charge in [-0.3, -0.25) is 25.0 Å². The van der Waals surface area contributed by atoms with Gasteiger partial charge in [-0.1, -0.05) is 35.9 Å². The van der Waals surface area contributed by atoms with Gasteiger partial charge in [0.05, 0.1) is 27.2 Å². The highest BCUT2D eigenvalue weighted by Crippen LogP contribution is 2.38. The minimum absolute atomic E-state index is 0.0207.